The molecule has 5 rings (SSSR count). The van der Waals surface area contributed by atoms with E-state index in [0.717, 1.165) is 16.2 Å². The number of benzene rings is 3. The fourth-order valence-electron chi connectivity index (χ4n) is 4.55. The van der Waals surface area contributed by atoms with Crippen LogP contribution in [-0.2, 0) is 9.59 Å². The number of imide groups is 1. The molecule has 7 nitrogen and oxygen atoms in total. The van der Waals surface area contributed by atoms with Crippen molar-refractivity contribution in [3.63, 3.8) is 0 Å². The number of nitrogens with zero attached hydrogens (tertiary/aromatic N) is 2. The topological polar surface area (TPSA) is 84.0 Å². The number of rotatable bonds is 4. The first kappa shape index (κ1) is 26.5. The number of carbonyl (C=O) groups is 4. The highest BCUT2D eigenvalue weighted by molar-refractivity contribution is 6.56. The highest BCUT2D eigenvalue weighted by Crippen LogP contribution is 2.46. The van der Waals surface area contributed by atoms with Crippen molar-refractivity contribution in [2.75, 3.05) is 16.3 Å². The maximum absolute atomic E-state index is 13.2. The summed E-state index contributed by atoms with van der Waals surface area (Å²) < 4.78 is 5.55. The van der Waals surface area contributed by atoms with E-state index in [4.69, 9.17) is 51.1 Å². The molecule has 2 aliphatic rings. The summed E-state index contributed by atoms with van der Waals surface area (Å²) in [5.74, 6) is -2.56. The lowest BCUT2D eigenvalue weighted by Crippen LogP contribution is -2.30. The standard InChI is InChI=1S/C27H18Cl4N2O5/c1-12-3-5-15(6-4-12)32-11-14(10-18(32)34)27(37)38-16-7-8-17(13(2)9-16)33-25(35)19-20(26(33)36)22(29)24(31)23(30)21(19)28/h3-9,14H,10-11H2,1-2H3/t14-/m1/s1. The largest absolute Gasteiger partial charge is 0.426 e. The molecular weight excluding hydrogens is 574 g/mol. The van der Waals surface area contributed by atoms with E-state index in [9.17, 15) is 19.2 Å². The van der Waals surface area contributed by atoms with Gasteiger partial charge in [0.1, 0.15) is 5.75 Å². The van der Waals surface area contributed by atoms with Gasteiger partial charge in [0.2, 0.25) is 5.91 Å². The van der Waals surface area contributed by atoms with Gasteiger partial charge in [0.15, 0.2) is 0 Å². The molecule has 1 atom stereocenters. The summed E-state index contributed by atoms with van der Waals surface area (Å²) in [4.78, 5) is 54.2. The first-order valence-electron chi connectivity index (χ1n) is 11.4. The summed E-state index contributed by atoms with van der Waals surface area (Å²) in [5, 5.41) is -0.562. The number of hydrogen-bond acceptors (Lipinski definition) is 5. The van der Waals surface area contributed by atoms with Crippen LogP contribution in [0.25, 0.3) is 0 Å². The van der Waals surface area contributed by atoms with Crippen molar-refractivity contribution in [1.82, 2.24) is 0 Å². The highest BCUT2D eigenvalue weighted by Gasteiger charge is 2.43. The first-order chi connectivity index (χ1) is 18.0. The molecule has 11 heteroatoms. The molecule has 0 N–H and O–H groups in total. The normalized spacial score (nSPS) is 16.9. The van der Waals surface area contributed by atoms with Gasteiger partial charge in [-0.25, -0.2) is 4.90 Å². The minimum absolute atomic E-state index is 0.0332. The third-order valence-corrected chi connectivity index (χ3v) is 8.33. The summed E-state index contributed by atoms with van der Waals surface area (Å²) in [6.45, 7) is 3.81. The molecule has 0 bridgehead atoms. The molecule has 194 valence electrons. The number of amides is 3. The predicted molar refractivity (Wildman–Crippen MR) is 146 cm³/mol. The van der Waals surface area contributed by atoms with Crippen molar-refractivity contribution in [3.8, 4) is 5.75 Å². The van der Waals surface area contributed by atoms with Crippen molar-refractivity contribution in [2.24, 2.45) is 5.92 Å². The molecule has 0 spiro atoms. The van der Waals surface area contributed by atoms with Crippen LogP contribution < -0.4 is 14.5 Å². The smallest absolute Gasteiger partial charge is 0.316 e. The molecule has 0 aliphatic carbocycles. The summed E-state index contributed by atoms with van der Waals surface area (Å²) in [6.07, 6.45) is 0.0332. The van der Waals surface area contributed by atoms with Gasteiger partial charge >= 0.3 is 5.97 Å². The van der Waals surface area contributed by atoms with E-state index in [0.29, 0.717) is 5.56 Å². The number of carbonyl (C=O) groups excluding carboxylic acids is 4. The van der Waals surface area contributed by atoms with Gasteiger partial charge in [-0.1, -0.05) is 64.1 Å². The Labute approximate surface area is 237 Å². The molecule has 3 amide bonds. The zero-order valence-electron chi connectivity index (χ0n) is 20.0. The maximum Gasteiger partial charge on any atom is 0.316 e. The molecule has 2 heterocycles. The second kappa shape index (κ2) is 9.89. The lowest BCUT2D eigenvalue weighted by atomic mass is 10.1. The van der Waals surface area contributed by atoms with Crippen LogP contribution in [0.4, 0.5) is 11.4 Å². The zero-order chi connectivity index (χ0) is 27.5. The molecule has 3 aromatic rings. The molecule has 38 heavy (non-hydrogen) atoms. The Bertz CT molecular complexity index is 1510. The van der Waals surface area contributed by atoms with E-state index in [1.165, 1.54) is 18.2 Å². The van der Waals surface area contributed by atoms with Crippen molar-refractivity contribution in [2.45, 2.75) is 20.3 Å². The van der Waals surface area contributed by atoms with Gasteiger partial charge in [-0.3, -0.25) is 19.2 Å². The number of halogens is 4. The zero-order valence-corrected chi connectivity index (χ0v) is 23.0. The molecule has 0 unspecified atom stereocenters. The Morgan fingerprint density at radius 1 is 0.842 bits per heavy atom. The fraction of sp³-hybridized carbons (Fsp3) is 0.185. The minimum Gasteiger partial charge on any atom is -0.426 e. The lowest BCUT2D eigenvalue weighted by Gasteiger charge is -2.18. The third kappa shape index (κ3) is 4.33. The first-order valence-corrected chi connectivity index (χ1v) is 12.9. The SMILES string of the molecule is Cc1ccc(N2C[C@H](C(=O)Oc3ccc(N4C(=O)c5c(Cl)c(Cl)c(Cl)c(Cl)c5C4=O)c(C)c3)CC2=O)cc1. The van der Waals surface area contributed by atoms with Gasteiger partial charge in [-0.05, 0) is 49.7 Å². The van der Waals surface area contributed by atoms with Gasteiger partial charge in [0, 0.05) is 18.7 Å². The third-order valence-electron chi connectivity index (χ3n) is 6.53. The molecule has 2 aliphatic heterocycles. The Hall–Kier alpha value is -3.10. The molecule has 0 aromatic heterocycles. The van der Waals surface area contributed by atoms with E-state index in [1.54, 1.807) is 11.8 Å². The van der Waals surface area contributed by atoms with Gasteiger partial charge < -0.3 is 9.64 Å². The summed E-state index contributed by atoms with van der Waals surface area (Å²) in [7, 11) is 0. The quantitative estimate of drug-likeness (QED) is 0.111. The van der Waals surface area contributed by atoms with Crippen LogP contribution in [0.1, 0.15) is 38.3 Å². The second-order valence-corrected chi connectivity index (χ2v) is 10.6. The van der Waals surface area contributed by atoms with Crippen molar-refractivity contribution < 1.29 is 23.9 Å². The second-order valence-electron chi connectivity index (χ2n) is 9.06. The number of anilines is 2. The van der Waals surface area contributed by atoms with Crippen LogP contribution in [-0.4, -0.2) is 30.2 Å². The molecule has 1 saturated heterocycles. The molecule has 0 saturated carbocycles. The highest BCUT2D eigenvalue weighted by atomic mass is 35.5. The van der Waals surface area contributed by atoms with Crippen molar-refractivity contribution in [1.29, 1.82) is 0 Å². The van der Waals surface area contributed by atoms with Gasteiger partial charge in [-0.15, -0.1) is 0 Å². The Morgan fingerprint density at radius 2 is 1.42 bits per heavy atom. The Balaban J connectivity index is 1.35. The number of esters is 1. The van der Waals surface area contributed by atoms with E-state index in [2.05, 4.69) is 0 Å². The van der Waals surface area contributed by atoms with E-state index in [-0.39, 0.29) is 61.5 Å². The lowest BCUT2D eigenvalue weighted by molar-refractivity contribution is -0.139. The van der Waals surface area contributed by atoms with Crippen LogP contribution in [0.2, 0.25) is 20.1 Å². The van der Waals surface area contributed by atoms with E-state index in [1.807, 2.05) is 31.2 Å². The summed E-state index contributed by atoms with van der Waals surface area (Å²) >= 11 is 24.6. The Morgan fingerprint density at radius 3 is 1.97 bits per heavy atom. The number of aryl methyl sites for hydroxylation is 2. The predicted octanol–water partition coefficient (Wildman–Crippen LogP) is 6.68. The average Bonchev–Trinajstić information content (AvgIpc) is 3.39. The van der Waals surface area contributed by atoms with Crippen molar-refractivity contribution in [3.05, 3.63) is 84.8 Å². The van der Waals surface area contributed by atoms with Crippen LogP contribution in [0.3, 0.4) is 0 Å². The Kier molecular flexibility index (Phi) is 6.90. The van der Waals surface area contributed by atoms with Crippen LogP contribution in [0.5, 0.6) is 5.75 Å². The monoisotopic (exact) mass is 590 g/mol. The van der Waals surface area contributed by atoms with Gasteiger partial charge in [0.25, 0.3) is 11.8 Å². The number of hydrogen-bond donors (Lipinski definition) is 0. The molecule has 1 fully saturated rings. The molecule has 0 radical (unpaired) electrons. The fourth-order valence-corrected chi connectivity index (χ4v) is 5.56. The van der Waals surface area contributed by atoms with Crippen LogP contribution in [0.15, 0.2) is 42.5 Å². The van der Waals surface area contributed by atoms with E-state index < -0.39 is 23.7 Å². The van der Waals surface area contributed by atoms with Crippen LogP contribution >= 0.6 is 46.4 Å². The summed E-state index contributed by atoms with van der Waals surface area (Å²) in [5.41, 5.74) is 2.25. The number of ether oxygens (including phenoxy) is 1. The number of fused-ring (bicyclic) bond motifs is 1. The van der Waals surface area contributed by atoms with Gasteiger partial charge in [0.05, 0.1) is 42.8 Å². The van der Waals surface area contributed by atoms with Gasteiger partial charge in [-0.2, -0.15) is 0 Å². The van der Waals surface area contributed by atoms with Crippen molar-refractivity contribution >= 4 is 81.5 Å². The molecule has 3 aromatic carbocycles. The average molecular weight is 592 g/mol. The minimum atomic E-state index is -0.705. The maximum atomic E-state index is 13.2. The summed E-state index contributed by atoms with van der Waals surface area (Å²) in [6, 6.07) is 11.9. The van der Waals surface area contributed by atoms with E-state index >= 15 is 0 Å². The molecular formula is C27H18Cl4N2O5. The van der Waals surface area contributed by atoms with Crippen LogP contribution in [0, 0.1) is 19.8 Å².